The fourth-order valence-electron chi connectivity index (χ4n) is 4.93. The van der Waals surface area contributed by atoms with E-state index < -0.39 is 53.9 Å². The molecule has 2 unspecified atom stereocenters. The van der Waals surface area contributed by atoms with Gasteiger partial charge in [0.1, 0.15) is 31.6 Å². The minimum atomic E-state index is -4.71. The van der Waals surface area contributed by atoms with Crippen LogP contribution < -0.4 is 10.0 Å². The number of hydrazone groups is 2. The molecule has 0 saturated heterocycles. The number of para-hydroxylation sites is 2. The summed E-state index contributed by atoms with van der Waals surface area (Å²) in [5.74, 6) is -0.813. The van der Waals surface area contributed by atoms with Gasteiger partial charge in [-0.1, -0.05) is 48.5 Å². The van der Waals surface area contributed by atoms with Crippen LogP contribution in [0.15, 0.2) is 138 Å². The molecule has 0 N–H and O–H groups in total. The third kappa shape index (κ3) is 9.91. The van der Waals surface area contributed by atoms with Crippen LogP contribution in [0.4, 0.5) is 22.7 Å². The van der Waals surface area contributed by atoms with Crippen LogP contribution in [0.5, 0.6) is 0 Å². The van der Waals surface area contributed by atoms with Gasteiger partial charge in [0.25, 0.3) is 11.8 Å². The van der Waals surface area contributed by atoms with Gasteiger partial charge >= 0.3 is 37.7 Å². The summed E-state index contributed by atoms with van der Waals surface area (Å²) in [5.41, 5.74) is 3.00. The van der Waals surface area contributed by atoms with Crippen molar-refractivity contribution in [2.45, 2.75) is 49.6 Å². The van der Waals surface area contributed by atoms with Crippen molar-refractivity contribution in [2.24, 2.45) is 30.7 Å². The van der Waals surface area contributed by atoms with E-state index in [0.29, 0.717) is 33.9 Å². The number of azo groups is 2. The number of amides is 2. The van der Waals surface area contributed by atoms with Gasteiger partial charge in [0.05, 0.1) is 32.6 Å². The zero-order chi connectivity index (χ0) is 37.8. The van der Waals surface area contributed by atoms with Crippen molar-refractivity contribution in [3.05, 3.63) is 108 Å². The Hall–Kier alpha value is -4.56. The van der Waals surface area contributed by atoms with Gasteiger partial charge in [-0.2, -0.15) is 40.7 Å². The first kappa shape index (κ1) is 41.2. The average molecular weight is 783 g/mol. The molecule has 0 radical (unpaired) electrons. The minimum Gasteiger partial charge on any atom is -0.744 e. The molecule has 0 saturated carbocycles. The van der Waals surface area contributed by atoms with Crippen molar-refractivity contribution < 1.29 is 35.5 Å². The van der Waals surface area contributed by atoms with Crippen LogP contribution in [0.2, 0.25) is 0 Å². The van der Waals surface area contributed by atoms with Crippen LogP contribution in [0.3, 0.4) is 0 Å². The van der Waals surface area contributed by atoms with E-state index in [1.165, 1.54) is 34.3 Å². The summed E-state index contributed by atoms with van der Waals surface area (Å²) in [6.45, 7) is 6.57. The molecule has 0 spiro atoms. The van der Waals surface area contributed by atoms with E-state index in [2.05, 4.69) is 30.7 Å². The number of nitrogens with zero attached hydrogens (tertiary/aromatic N) is 8. The second-order valence-corrected chi connectivity index (χ2v) is 14.2. The Kier molecular flexibility index (Phi) is 13.3. The van der Waals surface area contributed by atoms with E-state index in [9.17, 15) is 35.5 Å². The van der Waals surface area contributed by atoms with Gasteiger partial charge in [-0.3, -0.25) is 9.59 Å². The van der Waals surface area contributed by atoms with Gasteiger partial charge in [-0.25, -0.2) is 16.8 Å². The molecule has 2 heterocycles. The number of benzene rings is 4. The largest absolute Gasteiger partial charge is 2.00 e. The molecule has 0 aliphatic carbocycles. The molecule has 4 aromatic carbocycles. The molecular weight excluding hydrogens is 753 g/mol. The van der Waals surface area contributed by atoms with Gasteiger partial charge in [0.15, 0.2) is 12.1 Å². The van der Waals surface area contributed by atoms with Crippen molar-refractivity contribution in [1.82, 2.24) is 0 Å². The molecule has 268 valence electrons. The zero-order valence-corrected chi connectivity index (χ0v) is 32.6. The monoisotopic (exact) mass is 782 g/mol. The van der Waals surface area contributed by atoms with Crippen LogP contribution in [-0.2, 0) is 29.8 Å². The van der Waals surface area contributed by atoms with E-state index in [0.717, 1.165) is 0 Å². The van der Waals surface area contributed by atoms with Gasteiger partial charge in [0.2, 0.25) is 0 Å². The van der Waals surface area contributed by atoms with Gasteiger partial charge in [-0.05, 0) is 87.4 Å². The molecule has 2 aliphatic rings. The number of aryl methyl sites for hydroxylation is 2. The summed E-state index contributed by atoms with van der Waals surface area (Å²) < 4.78 is 68.5. The summed E-state index contributed by atoms with van der Waals surface area (Å²) in [5, 5.41) is 26.4. The van der Waals surface area contributed by atoms with Gasteiger partial charge in [0, 0.05) is 0 Å². The zero-order valence-electron chi connectivity index (χ0n) is 28.8. The van der Waals surface area contributed by atoms with Crippen molar-refractivity contribution in [2.75, 3.05) is 10.0 Å². The standard InChI is InChI=1S/2C17H16N4O4S.Ca/c2*1-11-8-9-14(15(10-11)26(23,24)25)18-19-16-12(2)20-21(17(16)22)13-6-4-3-5-7-13;/h2*3-10,16H,1-2H3,(H,23,24,25);/q;;+2/p-2. The maximum absolute atomic E-state index is 12.6. The summed E-state index contributed by atoms with van der Waals surface area (Å²) in [4.78, 5) is 24.2. The Bertz CT molecular complexity index is 2210. The second-order valence-electron chi connectivity index (χ2n) is 11.5. The number of carbonyl (C=O) groups excluding carboxylic acids is 2. The van der Waals surface area contributed by atoms with E-state index in [-0.39, 0.29) is 49.1 Å². The Morgan fingerprint density at radius 3 is 1.23 bits per heavy atom. The summed E-state index contributed by atoms with van der Waals surface area (Å²) in [6, 6.07) is 24.2. The molecule has 6 rings (SSSR count). The van der Waals surface area contributed by atoms with E-state index in [1.807, 2.05) is 12.1 Å². The molecule has 16 nitrogen and oxygen atoms in total. The topological polar surface area (TPSA) is 229 Å². The SMILES string of the molecule is CC1=NN(c2ccccc2)C(=O)C1N=Nc1ccc(C)cc1S(=O)(=O)[O-].CC1=NN(c2ccccc2)C(=O)C1N=Nc1ccc(C)cc1S(=O)(=O)[O-].[Ca+2]. The minimum absolute atomic E-state index is 0. The number of hydrogen-bond acceptors (Lipinski definition) is 14. The number of anilines is 2. The van der Waals surface area contributed by atoms with Crippen LogP contribution >= 0.6 is 0 Å². The van der Waals surface area contributed by atoms with Gasteiger partial charge < -0.3 is 9.11 Å². The van der Waals surface area contributed by atoms with Crippen LogP contribution in [-0.4, -0.2) is 99.0 Å². The summed E-state index contributed by atoms with van der Waals surface area (Å²) in [7, 11) is -9.42. The molecule has 19 heteroatoms. The molecule has 2 aliphatic heterocycles. The van der Waals surface area contributed by atoms with E-state index in [1.54, 1.807) is 88.4 Å². The van der Waals surface area contributed by atoms with Crippen LogP contribution in [0, 0.1) is 13.8 Å². The first-order valence-corrected chi connectivity index (χ1v) is 18.2. The smallest absolute Gasteiger partial charge is 0.744 e. The molecule has 4 aromatic rings. The van der Waals surface area contributed by atoms with Crippen LogP contribution in [0.1, 0.15) is 25.0 Å². The molecule has 53 heavy (non-hydrogen) atoms. The predicted octanol–water partition coefficient (Wildman–Crippen LogP) is 5.17. The van der Waals surface area contributed by atoms with E-state index >= 15 is 0 Å². The van der Waals surface area contributed by atoms with Crippen LogP contribution in [0.25, 0.3) is 0 Å². The van der Waals surface area contributed by atoms with Crippen molar-refractivity contribution in [3.63, 3.8) is 0 Å². The Labute approximate surface area is 335 Å². The van der Waals surface area contributed by atoms with E-state index in [4.69, 9.17) is 0 Å². The molecule has 2 amide bonds. The average Bonchev–Trinajstić information content (AvgIpc) is 3.55. The van der Waals surface area contributed by atoms with Crippen molar-refractivity contribution >= 4 is 104 Å². The summed E-state index contributed by atoms with van der Waals surface area (Å²) in [6.07, 6.45) is 0. The molecule has 0 aromatic heterocycles. The fourth-order valence-corrected chi connectivity index (χ4v) is 6.33. The maximum Gasteiger partial charge on any atom is 2.00 e. The first-order chi connectivity index (χ1) is 24.5. The van der Waals surface area contributed by atoms with Crippen molar-refractivity contribution in [1.29, 1.82) is 0 Å². The number of carbonyl (C=O) groups is 2. The fraction of sp³-hybridized carbons (Fsp3) is 0.176. The predicted molar refractivity (Wildman–Crippen MR) is 195 cm³/mol. The third-order valence-corrected chi connectivity index (χ3v) is 9.26. The number of hydrogen-bond donors (Lipinski definition) is 0. The maximum atomic E-state index is 12.6. The Morgan fingerprint density at radius 2 is 0.906 bits per heavy atom. The Morgan fingerprint density at radius 1 is 0.566 bits per heavy atom. The van der Waals surface area contributed by atoms with Crippen molar-refractivity contribution in [3.8, 4) is 0 Å². The molecular formula is C34H30CaN8O8S2. The first-order valence-electron chi connectivity index (χ1n) is 15.4. The molecule has 2 atom stereocenters. The summed E-state index contributed by atoms with van der Waals surface area (Å²) >= 11 is 0. The van der Waals surface area contributed by atoms with Gasteiger partial charge in [-0.15, -0.1) is 0 Å². The number of rotatable bonds is 8. The molecule has 0 fully saturated rings. The quantitative estimate of drug-likeness (QED) is 0.131. The Balaban J connectivity index is 0.000000232. The third-order valence-electron chi connectivity index (χ3n) is 7.52. The second kappa shape index (κ2) is 17.1. The molecule has 0 bridgehead atoms. The normalized spacial score (nSPS) is 17.5.